The van der Waals surface area contributed by atoms with E-state index in [0.717, 1.165) is 48.8 Å². The Labute approximate surface area is 156 Å². The topological polar surface area (TPSA) is 42.4 Å². The number of rotatable bonds is 7. The summed E-state index contributed by atoms with van der Waals surface area (Å²) in [5.41, 5.74) is 2.10. The Hall–Kier alpha value is -2.36. The second-order valence-electron chi connectivity index (χ2n) is 7.12. The number of benzene rings is 1. The second kappa shape index (κ2) is 8.35. The predicted octanol–water partition coefficient (Wildman–Crippen LogP) is 4.52. The maximum Gasteiger partial charge on any atom is 0.140 e. The Kier molecular flexibility index (Phi) is 5.92. The van der Waals surface area contributed by atoms with Gasteiger partial charge in [0.15, 0.2) is 0 Å². The van der Waals surface area contributed by atoms with Crippen LogP contribution in [0.1, 0.15) is 50.3 Å². The highest BCUT2D eigenvalue weighted by molar-refractivity contribution is 5.85. The number of hydrogen-bond acceptors (Lipinski definition) is 4. The van der Waals surface area contributed by atoms with E-state index in [0.29, 0.717) is 12.2 Å². The number of aromatic nitrogens is 1. The van der Waals surface area contributed by atoms with Crippen molar-refractivity contribution in [1.82, 2.24) is 4.98 Å². The zero-order valence-electron chi connectivity index (χ0n) is 15.9. The average molecular weight is 352 g/mol. The van der Waals surface area contributed by atoms with Crippen LogP contribution < -0.4 is 9.64 Å². The minimum Gasteiger partial charge on any atom is -0.489 e. The maximum atomic E-state index is 12.1. The van der Waals surface area contributed by atoms with E-state index in [-0.39, 0.29) is 12.0 Å². The van der Waals surface area contributed by atoms with Crippen LogP contribution in [0.5, 0.6) is 5.75 Å². The summed E-state index contributed by atoms with van der Waals surface area (Å²) >= 11 is 0. The third kappa shape index (κ3) is 4.43. The fourth-order valence-corrected chi connectivity index (χ4v) is 3.41. The van der Waals surface area contributed by atoms with Gasteiger partial charge in [0.25, 0.3) is 0 Å². The summed E-state index contributed by atoms with van der Waals surface area (Å²) in [4.78, 5) is 18.9. The van der Waals surface area contributed by atoms with Gasteiger partial charge < -0.3 is 9.64 Å². The molecular weight excluding hydrogens is 324 g/mol. The predicted molar refractivity (Wildman–Crippen MR) is 105 cm³/mol. The van der Waals surface area contributed by atoms with Crippen LogP contribution in [-0.2, 0) is 4.79 Å². The number of carbonyl (C=O) groups excluding carboxylic acids is 1. The third-order valence-corrected chi connectivity index (χ3v) is 5.00. The van der Waals surface area contributed by atoms with Crippen molar-refractivity contribution in [3.05, 3.63) is 53.7 Å². The molecule has 0 bridgehead atoms. The first-order valence-corrected chi connectivity index (χ1v) is 9.54. The lowest BCUT2D eigenvalue weighted by molar-refractivity contribution is -0.120. The van der Waals surface area contributed by atoms with Gasteiger partial charge in [0.1, 0.15) is 23.5 Å². The van der Waals surface area contributed by atoms with Gasteiger partial charge in [-0.1, -0.05) is 32.0 Å². The van der Waals surface area contributed by atoms with Crippen LogP contribution in [-0.4, -0.2) is 30.0 Å². The van der Waals surface area contributed by atoms with Crippen molar-refractivity contribution in [1.29, 1.82) is 0 Å². The Balaban J connectivity index is 1.57. The average Bonchev–Trinajstić information content (AvgIpc) is 3.10. The lowest BCUT2D eigenvalue weighted by atomic mass is 9.94. The van der Waals surface area contributed by atoms with Gasteiger partial charge in [-0.25, -0.2) is 4.98 Å². The molecule has 1 unspecified atom stereocenters. The molecule has 138 valence electrons. The molecule has 2 aromatic rings. The van der Waals surface area contributed by atoms with Gasteiger partial charge >= 0.3 is 0 Å². The molecule has 4 heteroatoms. The minimum atomic E-state index is -0.0432. The Morgan fingerprint density at radius 1 is 1.27 bits per heavy atom. The number of aryl methyl sites for hydroxylation is 1. The zero-order valence-corrected chi connectivity index (χ0v) is 15.9. The fraction of sp³-hybridized carbons (Fsp3) is 0.455. The number of carbonyl (C=O) groups is 1. The molecule has 0 radical (unpaired) electrons. The molecule has 0 aliphatic carbocycles. The summed E-state index contributed by atoms with van der Waals surface area (Å²) in [6, 6.07) is 14.1. The highest BCUT2D eigenvalue weighted by atomic mass is 16.5. The molecule has 4 nitrogen and oxygen atoms in total. The minimum absolute atomic E-state index is 0.0432. The van der Waals surface area contributed by atoms with Gasteiger partial charge in [-0.05, 0) is 43.2 Å². The molecule has 1 saturated heterocycles. The van der Waals surface area contributed by atoms with Crippen molar-refractivity contribution < 1.29 is 9.53 Å². The van der Waals surface area contributed by atoms with Gasteiger partial charge in [0.2, 0.25) is 0 Å². The molecule has 0 saturated carbocycles. The van der Waals surface area contributed by atoms with Crippen LogP contribution >= 0.6 is 0 Å². The second-order valence-corrected chi connectivity index (χ2v) is 7.12. The Bertz CT molecular complexity index is 742. The monoisotopic (exact) mass is 352 g/mol. The van der Waals surface area contributed by atoms with Gasteiger partial charge in [0.05, 0.1) is 6.54 Å². The summed E-state index contributed by atoms with van der Waals surface area (Å²) in [5, 5.41) is 0. The number of nitrogens with zero attached hydrogens (tertiary/aromatic N) is 2. The molecule has 26 heavy (non-hydrogen) atoms. The number of hydrogen-bond donors (Lipinski definition) is 0. The van der Waals surface area contributed by atoms with Gasteiger partial charge in [0, 0.05) is 31.0 Å². The zero-order chi connectivity index (χ0) is 18.5. The number of ketones is 1. The van der Waals surface area contributed by atoms with Crippen molar-refractivity contribution in [3.63, 3.8) is 0 Å². The molecule has 1 aromatic heterocycles. The molecule has 1 aliphatic rings. The van der Waals surface area contributed by atoms with E-state index >= 15 is 0 Å². The lowest BCUT2D eigenvalue weighted by Gasteiger charge is -2.18. The highest BCUT2D eigenvalue weighted by Gasteiger charge is 2.25. The van der Waals surface area contributed by atoms with Crippen molar-refractivity contribution in [2.24, 2.45) is 0 Å². The number of ether oxygens (including phenoxy) is 1. The van der Waals surface area contributed by atoms with Crippen LogP contribution in [0.25, 0.3) is 0 Å². The molecule has 0 N–H and O–H groups in total. The first-order chi connectivity index (χ1) is 12.6. The van der Waals surface area contributed by atoms with E-state index < -0.39 is 0 Å². The third-order valence-electron chi connectivity index (χ3n) is 5.00. The smallest absolute Gasteiger partial charge is 0.140 e. The van der Waals surface area contributed by atoms with E-state index in [1.807, 2.05) is 57.2 Å². The number of Topliss-reactive ketones (excluding diaryl/α,β-unsaturated/α-hetero) is 1. The first kappa shape index (κ1) is 18.4. The Morgan fingerprint density at radius 3 is 2.73 bits per heavy atom. The molecule has 1 aromatic carbocycles. The quantitative estimate of drug-likeness (QED) is 0.735. The molecule has 1 aliphatic heterocycles. The van der Waals surface area contributed by atoms with Crippen molar-refractivity contribution in [2.45, 2.75) is 52.1 Å². The van der Waals surface area contributed by atoms with Crippen molar-refractivity contribution in [2.75, 3.05) is 18.0 Å². The normalized spacial score (nSPS) is 18.0. The van der Waals surface area contributed by atoms with E-state index in [4.69, 9.17) is 4.74 Å². The highest BCUT2D eigenvalue weighted by Crippen LogP contribution is 2.25. The van der Waals surface area contributed by atoms with Crippen LogP contribution in [0.15, 0.2) is 42.5 Å². The van der Waals surface area contributed by atoms with E-state index in [1.165, 1.54) is 0 Å². The van der Waals surface area contributed by atoms with Crippen LogP contribution in [0.3, 0.4) is 0 Å². The van der Waals surface area contributed by atoms with Gasteiger partial charge in [-0.15, -0.1) is 0 Å². The molecule has 2 heterocycles. The first-order valence-electron chi connectivity index (χ1n) is 9.54. The maximum absolute atomic E-state index is 12.1. The van der Waals surface area contributed by atoms with Gasteiger partial charge in [-0.3, -0.25) is 4.79 Å². The standard InChI is InChI=1S/C22H28N2O2/c1-4-6-21(25)17(3)18-9-11-19(12-10-18)26-20-13-14-24(15-20)22-8-5-7-16(2)23-22/h5,7-12,17,20H,4,6,13-15H2,1-3H3/t17?,20-/m1/s1. The van der Waals surface area contributed by atoms with E-state index in [9.17, 15) is 4.79 Å². The van der Waals surface area contributed by atoms with Crippen LogP contribution in [0.2, 0.25) is 0 Å². The molecule has 0 amide bonds. The molecule has 3 rings (SSSR count). The molecule has 1 fully saturated rings. The molecule has 0 spiro atoms. The van der Waals surface area contributed by atoms with Gasteiger partial charge in [-0.2, -0.15) is 0 Å². The summed E-state index contributed by atoms with van der Waals surface area (Å²) in [7, 11) is 0. The summed E-state index contributed by atoms with van der Waals surface area (Å²) in [6.45, 7) is 7.85. The van der Waals surface area contributed by atoms with Crippen molar-refractivity contribution in [3.8, 4) is 5.75 Å². The largest absolute Gasteiger partial charge is 0.489 e. The summed E-state index contributed by atoms with van der Waals surface area (Å²) in [5.74, 6) is 2.15. The number of pyridine rings is 1. The Morgan fingerprint density at radius 2 is 2.04 bits per heavy atom. The summed E-state index contributed by atoms with van der Waals surface area (Å²) in [6.07, 6.45) is 2.70. The SMILES string of the molecule is CCCC(=O)C(C)c1ccc(O[C@@H]2CCN(c3cccc(C)n3)C2)cc1. The van der Waals surface area contributed by atoms with Crippen LogP contribution in [0.4, 0.5) is 5.82 Å². The van der Waals surface area contributed by atoms with Crippen molar-refractivity contribution >= 4 is 11.6 Å². The molecule has 2 atom stereocenters. The van der Waals surface area contributed by atoms with E-state index in [2.05, 4.69) is 16.0 Å². The number of anilines is 1. The lowest BCUT2D eigenvalue weighted by Crippen LogP contribution is -2.25. The van der Waals surface area contributed by atoms with E-state index in [1.54, 1.807) is 0 Å². The van der Waals surface area contributed by atoms with Crippen LogP contribution in [0, 0.1) is 6.92 Å². The molecular formula is C22H28N2O2. The fourth-order valence-electron chi connectivity index (χ4n) is 3.41. The summed E-state index contributed by atoms with van der Waals surface area (Å²) < 4.78 is 6.15.